The fourth-order valence-corrected chi connectivity index (χ4v) is 3.14. The summed E-state index contributed by atoms with van der Waals surface area (Å²) in [5.41, 5.74) is 6.17. The summed E-state index contributed by atoms with van der Waals surface area (Å²) in [5, 5.41) is 0. The Morgan fingerprint density at radius 1 is 0.786 bits per heavy atom. The average molecular weight is 402 g/mol. The van der Waals surface area contributed by atoms with Crippen LogP contribution in [0.15, 0.2) is 0 Å². The number of hydrogen-bond acceptors (Lipinski definition) is 4. The van der Waals surface area contributed by atoms with E-state index in [9.17, 15) is 0 Å². The maximum absolute atomic E-state index is 6.24. The molecule has 0 fully saturated rings. The second kappa shape index (κ2) is 11.3. The zero-order valence-electron chi connectivity index (χ0n) is 20.9. The SMILES string of the molecule is CC(N)OC(COC(C)(C)C)CC(C)(C)OCCCC(C)(C)CCC(C)(C)C. The Labute approximate surface area is 176 Å². The van der Waals surface area contributed by atoms with E-state index >= 15 is 0 Å². The molecule has 0 saturated carbocycles. The third kappa shape index (κ3) is 16.8. The number of ether oxygens (including phenoxy) is 3. The van der Waals surface area contributed by atoms with Gasteiger partial charge in [0.05, 0.1) is 23.9 Å². The second-order valence-corrected chi connectivity index (χ2v) is 12.0. The predicted octanol–water partition coefficient (Wildman–Crippen LogP) is 6.31. The number of hydrogen-bond donors (Lipinski definition) is 1. The zero-order valence-corrected chi connectivity index (χ0v) is 20.9. The van der Waals surface area contributed by atoms with Gasteiger partial charge in [-0.25, -0.2) is 0 Å². The lowest BCUT2D eigenvalue weighted by Crippen LogP contribution is -2.39. The lowest BCUT2D eigenvalue weighted by Gasteiger charge is -2.33. The van der Waals surface area contributed by atoms with Gasteiger partial charge in [0.2, 0.25) is 0 Å². The Hall–Kier alpha value is -0.160. The third-order valence-electron chi connectivity index (χ3n) is 4.87. The largest absolute Gasteiger partial charge is 0.375 e. The van der Waals surface area contributed by atoms with Crippen molar-refractivity contribution in [2.75, 3.05) is 13.2 Å². The first-order chi connectivity index (χ1) is 12.4. The molecule has 0 bridgehead atoms. The van der Waals surface area contributed by atoms with Crippen molar-refractivity contribution in [1.82, 2.24) is 0 Å². The molecule has 4 heteroatoms. The summed E-state index contributed by atoms with van der Waals surface area (Å²) in [6, 6.07) is 0. The Kier molecular flexibility index (Phi) is 11.2. The molecule has 28 heavy (non-hydrogen) atoms. The normalized spacial score (nSPS) is 16.3. The summed E-state index contributed by atoms with van der Waals surface area (Å²) in [7, 11) is 0. The van der Waals surface area contributed by atoms with Gasteiger partial charge in [-0.1, -0.05) is 34.6 Å². The monoisotopic (exact) mass is 401 g/mol. The van der Waals surface area contributed by atoms with Crippen LogP contribution in [-0.2, 0) is 14.2 Å². The van der Waals surface area contributed by atoms with Crippen LogP contribution >= 0.6 is 0 Å². The van der Waals surface area contributed by atoms with Crippen LogP contribution in [0.5, 0.6) is 0 Å². The minimum Gasteiger partial charge on any atom is -0.375 e. The van der Waals surface area contributed by atoms with Crippen molar-refractivity contribution in [3.05, 3.63) is 0 Å². The van der Waals surface area contributed by atoms with Gasteiger partial charge >= 0.3 is 0 Å². The van der Waals surface area contributed by atoms with Gasteiger partial charge in [0, 0.05) is 13.0 Å². The van der Waals surface area contributed by atoms with E-state index in [0.717, 1.165) is 19.4 Å². The van der Waals surface area contributed by atoms with Crippen LogP contribution in [0, 0.1) is 10.8 Å². The van der Waals surface area contributed by atoms with Gasteiger partial charge in [-0.3, -0.25) is 0 Å². The molecule has 0 spiro atoms. The Morgan fingerprint density at radius 3 is 1.82 bits per heavy atom. The Bertz CT molecular complexity index is 417. The fraction of sp³-hybridized carbons (Fsp3) is 1.00. The molecule has 2 atom stereocenters. The van der Waals surface area contributed by atoms with Crippen molar-refractivity contribution < 1.29 is 14.2 Å². The second-order valence-electron chi connectivity index (χ2n) is 12.0. The standard InChI is InChI=1S/C24H51NO3/c1-19(25)28-20(18-27-22(5,6)7)17-24(10,11)26-16-12-13-23(8,9)15-14-21(2,3)4/h19-20H,12-18,25H2,1-11H3. The van der Waals surface area contributed by atoms with E-state index in [1.54, 1.807) is 0 Å². The van der Waals surface area contributed by atoms with Crippen LogP contribution < -0.4 is 5.73 Å². The van der Waals surface area contributed by atoms with Crippen LogP contribution in [0.1, 0.15) is 108 Å². The van der Waals surface area contributed by atoms with Crippen LogP contribution in [0.25, 0.3) is 0 Å². The van der Waals surface area contributed by atoms with Crippen LogP contribution in [0.2, 0.25) is 0 Å². The highest BCUT2D eigenvalue weighted by Crippen LogP contribution is 2.34. The van der Waals surface area contributed by atoms with E-state index in [1.165, 1.54) is 19.3 Å². The lowest BCUT2D eigenvalue weighted by atomic mass is 9.77. The maximum atomic E-state index is 6.24. The molecule has 0 aliphatic rings. The van der Waals surface area contributed by atoms with Crippen molar-refractivity contribution >= 4 is 0 Å². The minimum atomic E-state index is -0.312. The molecule has 0 rings (SSSR count). The molecule has 0 amide bonds. The summed E-state index contributed by atoms with van der Waals surface area (Å²) < 4.78 is 18.0. The Balaban J connectivity index is 4.44. The summed E-state index contributed by atoms with van der Waals surface area (Å²) in [5.74, 6) is 0. The van der Waals surface area contributed by atoms with E-state index in [0.29, 0.717) is 17.4 Å². The van der Waals surface area contributed by atoms with Gasteiger partial charge in [-0.2, -0.15) is 0 Å². The molecule has 0 aromatic heterocycles. The summed E-state index contributed by atoms with van der Waals surface area (Å²) in [4.78, 5) is 0. The highest BCUT2D eigenvalue weighted by Gasteiger charge is 2.28. The van der Waals surface area contributed by atoms with Gasteiger partial charge < -0.3 is 19.9 Å². The first-order valence-electron chi connectivity index (χ1n) is 11.1. The quantitative estimate of drug-likeness (QED) is 0.290. The highest BCUT2D eigenvalue weighted by molar-refractivity contribution is 4.77. The maximum Gasteiger partial charge on any atom is 0.103 e. The molecule has 4 nitrogen and oxygen atoms in total. The van der Waals surface area contributed by atoms with E-state index in [-0.39, 0.29) is 23.5 Å². The smallest absolute Gasteiger partial charge is 0.103 e. The van der Waals surface area contributed by atoms with Crippen LogP contribution in [0.4, 0.5) is 0 Å². The van der Waals surface area contributed by atoms with Gasteiger partial charge in [0.25, 0.3) is 0 Å². The van der Waals surface area contributed by atoms with E-state index in [2.05, 4.69) is 69.2 Å². The molecule has 0 aliphatic heterocycles. The molecular formula is C24H51NO3. The van der Waals surface area contributed by atoms with Crippen molar-refractivity contribution in [3.63, 3.8) is 0 Å². The fourth-order valence-electron chi connectivity index (χ4n) is 3.14. The zero-order chi connectivity index (χ0) is 22.2. The van der Waals surface area contributed by atoms with Crippen molar-refractivity contribution in [2.45, 2.75) is 132 Å². The summed E-state index contributed by atoms with van der Waals surface area (Å²) in [6.45, 7) is 25.3. The van der Waals surface area contributed by atoms with Gasteiger partial charge in [-0.15, -0.1) is 0 Å². The first-order valence-corrected chi connectivity index (χ1v) is 11.1. The van der Waals surface area contributed by atoms with Gasteiger partial charge in [0.15, 0.2) is 0 Å². The highest BCUT2D eigenvalue weighted by atomic mass is 16.6. The molecule has 0 aromatic rings. The van der Waals surface area contributed by atoms with Crippen LogP contribution in [-0.4, -0.2) is 36.7 Å². The molecule has 2 unspecified atom stereocenters. The van der Waals surface area contributed by atoms with Crippen molar-refractivity contribution in [3.8, 4) is 0 Å². The number of nitrogens with two attached hydrogens (primary N) is 1. The molecule has 0 saturated heterocycles. The molecule has 0 aliphatic carbocycles. The van der Waals surface area contributed by atoms with Crippen molar-refractivity contribution in [1.29, 1.82) is 0 Å². The topological polar surface area (TPSA) is 53.7 Å². The first kappa shape index (κ1) is 27.8. The minimum absolute atomic E-state index is 0.0718. The van der Waals surface area contributed by atoms with Crippen molar-refractivity contribution in [2.24, 2.45) is 16.6 Å². The van der Waals surface area contributed by atoms with E-state index in [4.69, 9.17) is 19.9 Å². The molecule has 170 valence electrons. The van der Waals surface area contributed by atoms with Gasteiger partial charge in [0.1, 0.15) is 6.23 Å². The molecule has 0 aromatic carbocycles. The number of rotatable bonds is 13. The van der Waals surface area contributed by atoms with E-state index in [1.807, 2.05) is 6.92 Å². The molecular weight excluding hydrogens is 350 g/mol. The summed E-state index contributed by atoms with van der Waals surface area (Å²) >= 11 is 0. The lowest BCUT2D eigenvalue weighted by molar-refractivity contribution is -0.124. The predicted molar refractivity (Wildman–Crippen MR) is 121 cm³/mol. The third-order valence-corrected chi connectivity index (χ3v) is 4.87. The summed E-state index contributed by atoms with van der Waals surface area (Å²) in [6.07, 6.45) is 5.16. The molecule has 0 heterocycles. The van der Waals surface area contributed by atoms with Crippen LogP contribution in [0.3, 0.4) is 0 Å². The molecule has 2 N–H and O–H groups in total. The average Bonchev–Trinajstić information content (AvgIpc) is 2.45. The molecule has 0 radical (unpaired) electrons. The Morgan fingerprint density at radius 2 is 1.36 bits per heavy atom. The van der Waals surface area contributed by atoms with Gasteiger partial charge in [-0.05, 0) is 78.1 Å². The van der Waals surface area contributed by atoms with E-state index < -0.39 is 0 Å².